The Morgan fingerprint density at radius 1 is 1.07 bits per heavy atom. The van der Waals surface area contributed by atoms with Crippen LogP contribution in [0.2, 0.25) is 5.02 Å². The van der Waals surface area contributed by atoms with Crippen LogP contribution in [0.5, 0.6) is 0 Å². The van der Waals surface area contributed by atoms with Gasteiger partial charge < -0.3 is 0 Å². The van der Waals surface area contributed by atoms with E-state index in [9.17, 15) is 0 Å². The Kier molecular flexibility index (Phi) is 5.22. The lowest BCUT2D eigenvalue weighted by Crippen LogP contribution is -2.13. The van der Waals surface area contributed by atoms with Crippen molar-refractivity contribution in [2.75, 3.05) is 0 Å². The Morgan fingerprint density at radius 3 is 1.86 bits per heavy atom. The molecule has 0 radical (unpaired) electrons. The van der Waals surface area contributed by atoms with Crippen LogP contribution in [0, 0.1) is 6.92 Å². The summed E-state index contributed by atoms with van der Waals surface area (Å²) in [6.45, 7) is 12.6. The first-order chi connectivity index (χ1) is 6.43. The molecule has 0 N–H and O–H groups in total. The molecule has 80 valence electrons. The second kappa shape index (κ2) is 5.41. The summed E-state index contributed by atoms with van der Waals surface area (Å²) in [6, 6.07) is 6.05. The lowest BCUT2D eigenvalue weighted by atomic mass is 9.84. The van der Waals surface area contributed by atoms with Gasteiger partial charge in [0.2, 0.25) is 0 Å². The number of halogens is 1. The Balaban J connectivity index is 0.000000791. The molecule has 0 heterocycles. The molecule has 0 unspecified atom stereocenters. The Labute approximate surface area is 93.3 Å². The number of hydrogen-bond donors (Lipinski definition) is 0. The molecule has 1 aromatic carbocycles. The summed E-state index contributed by atoms with van der Waals surface area (Å²) in [5.74, 6) is 0. The first-order valence-electron chi connectivity index (χ1n) is 5.18. The smallest absolute Gasteiger partial charge is 0.0445 e. The lowest BCUT2D eigenvalue weighted by Gasteiger charge is -2.22. The Bertz CT molecular complexity index is 262. The lowest BCUT2D eigenvalue weighted by molar-refractivity contribution is 0.586. The summed E-state index contributed by atoms with van der Waals surface area (Å²) in [4.78, 5) is 0. The van der Waals surface area contributed by atoms with Crippen molar-refractivity contribution in [3.8, 4) is 0 Å². The Morgan fingerprint density at radius 2 is 1.57 bits per heavy atom. The van der Waals surface area contributed by atoms with Crippen molar-refractivity contribution in [2.24, 2.45) is 0 Å². The van der Waals surface area contributed by atoms with Gasteiger partial charge in [-0.25, -0.2) is 0 Å². The average molecular weight is 213 g/mol. The van der Waals surface area contributed by atoms with Crippen molar-refractivity contribution < 1.29 is 0 Å². The van der Waals surface area contributed by atoms with Crippen molar-refractivity contribution >= 4 is 11.6 Å². The van der Waals surface area contributed by atoms with Gasteiger partial charge in [-0.2, -0.15) is 0 Å². The van der Waals surface area contributed by atoms with E-state index < -0.39 is 0 Å². The Hall–Kier alpha value is -0.490. The van der Waals surface area contributed by atoms with E-state index in [2.05, 4.69) is 33.8 Å². The van der Waals surface area contributed by atoms with Gasteiger partial charge in [-0.05, 0) is 29.5 Å². The zero-order valence-electron chi connectivity index (χ0n) is 10.1. The molecule has 0 aliphatic carbocycles. The summed E-state index contributed by atoms with van der Waals surface area (Å²) < 4.78 is 0. The van der Waals surface area contributed by atoms with Crippen molar-refractivity contribution in [1.29, 1.82) is 0 Å². The third-order valence-electron chi connectivity index (χ3n) is 1.97. The van der Waals surface area contributed by atoms with Gasteiger partial charge in [0.15, 0.2) is 0 Å². The molecule has 1 aromatic rings. The summed E-state index contributed by atoms with van der Waals surface area (Å²) in [5, 5.41) is 0.877. The molecule has 0 saturated carbocycles. The van der Waals surface area contributed by atoms with E-state index in [1.165, 1.54) is 11.1 Å². The van der Waals surface area contributed by atoms with Gasteiger partial charge in [-0.15, -0.1) is 0 Å². The van der Waals surface area contributed by atoms with E-state index in [4.69, 9.17) is 11.6 Å². The zero-order valence-corrected chi connectivity index (χ0v) is 10.9. The highest BCUT2D eigenvalue weighted by Crippen LogP contribution is 2.31. The van der Waals surface area contributed by atoms with E-state index in [0.29, 0.717) is 0 Å². The molecule has 0 aliphatic rings. The third-order valence-corrected chi connectivity index (χ3v) is 2.29. The van der Waals surface area contributed by atoms with Gasteiger partial charge in [-0.1, -0.05) is 58.4 Å². The average Bonchev–Trinajstić information content (AvgIpc) is 2.05. The minimum absolute atomic E-state index is 0.141. The molecule has 0 nitrogen and oxygen atoms in total. The molecule has 1 rings (SSSR count). The highest BCUT2D eigenvalue weighted by Gasteiger charge is 2.18. The molecular formula is C13H21Cl. The van der Waals surface area contributed by atoms with E-state index in [1.54, 1.807) is 0 Å². The highest BCUT2D eigenvalue weighted by atomic mass is 35.5. The minimum Gasteiger partial charge on any atom is -0.0840 e. The fraction of sp³-hybridized carbons (Fsp3) is 0.538. The van der Waals surface area contributed by atoms with E-state index in [1.807, 2.05) is 26.0 Å². The van der Waals surface area contributed by atoms with Crippen LogP contribution in [0.3, 0.4) is 0 Å². The van der Waals surface area contributed by atoms with Crippen LogP contribution in [-0.4, -0.2) is 0 Å². The van der Waals surface area contributed by atoms with Crippen molar-refractivity contribution in [1.82, 2.24) is 0 Å². The fourth-order valence-electron chi connectivity index (χ4n) is 1.58. The molecule has 0 fully saturated rings. The first-order valence-corrected chi connectivity index (χ1v) is 5.56. The number of aryl methyl sites for hydroxylation is 1. The van der Waals surface area contributed by atoms with Gasteiger partial charge in [0.1, 0.15) is 0 Å². The van der Waals surface area contributed by atoms with E-state index in [0.717, 1.165) is 5.02 Å². The van der Waals surface area contributed by atoms with Crippen LogP contribution in [0.15, 0.2) is 18.2 Å². The summed E-state index contributed by atoms with van der Waals surface area (Å²) >= 11 is 6.11. The quantitative estimate of drug-likeness (QED) is 0.570. The van der Waals surface area contributed by atoms with Crippen LogP contribution < -0.4 is 0 Å². The summed E-state index contributed by atoms with van der Waals surface area (Å²) in [7, 11) is 0. The van der Waals surface area contributed by atoms with Gasteiger partial charge >= 0.3 is 0 Å². The maximum absolute atomic E-state index is 6.11. The predicted molar refractivity (Wildman–Crippen MR) is 66.2 cm³/mol. The molecular weight excluding hydrogens is 192 g/mol. The number of benzene rings is 1. The van der Waals surface area contributed by atoms with Crippen LogP contribution in [0.4, 0.5) is 0 Å². The van der Waals surface area contributed by atoms with Crippen LogP contribution in [-0.2, 0) is 5.41 Å². The second-order valence-electron chi connectivity index (χ2n) is 4.18. The maximum atomic E-state index is 6.11. The standard InChI is InChI=1S/C11H15Cl.C2H6/c1-8-6-5-7-9(12)10(8)11(2,3)4;1-2/h5-7H,1-4H3;1-2H3. The monoisotopic (exact) mass is 212 g/mol. The minimum atomic E-state index is 0.141. The van der Waals surface area contributed by atoms with Crippen LogP contribution in [0.1, 0.15) is 45.7 Å². The van der Waals surface area contributed by atoms with Crippen molar-refractivity contribution in [3.05, 3.63) is 34.3 Å². The largest absolute Gasteiger partial charge is 0.0840 e. The summed E-state index contributed by atoms with van der Waals surface area (Å²) in [6.07, 6.45) is 0. The second-order valence-corrected chi connectivity index (χ2v) is 4.59. The van der Waals surface area contributed by atoms with Gasteiger partial charge in [-0.3, -0.25) is 0 Å². The molecule has 0 bridgehead atoms. The first kappa shape index (κ1) is 13.5. The van der Waals surface area contributed by atoms with E-state index >= 15 is 0 Å². The molecule has 1 heteroatoms. The molecule has 0 spiro atoms. The van der Waals surface area contributed by atoms with Gasteiger partial charge in [0.05, 0.1) is 0 Å². The van der Waals surface area contributed by atoms with Gasteiger partial charge in [0, 0.05) is 5.02 Å². The van der Waals surface area contributed by atoms with Crippen LogP contribution in [0.25, 0.3) is 0 Å². The topological polar surface area (TPSA) is 0 Å². The normalized spacial score (nSPS) is 10.5. The van der Waals surface area contributed by atoms with Gasteiger partial charge in [0.25, 0.3) is 0 Å². The van der Waals surface area contributed by atoms with Crippen molar-refractivity contribution in [3.63, 3.8) is 0 Å². The molecule has 14 heavy (non-hydrogen) atoms. The third kappa shape index (κ3) is 3.34. The number of hydrogen-bond acceptors (Lipinski definition) is 0. The molecule has 0 aromatic heterocycles. The molecule has 0 saturated heterocycles. The maximum Gasteiger partial charge on any atom is 0.0445 e. The fourth-order valence-corrected chi connectivity index (χ4v) is 2.09. The SMILES string of the molecule is CC.Cc1cccc(Cl)c1C(C)(C)C. The molecule has 0 amide bonds. The summed E-state index contributed by atoms with van der Waals surface area (Å²) in [5.41, 5.74) is 2.67. The van der Waals surface area contributed by atoms with Crippen LogP contribution >= 0.6 is 11.6 Å². The number of rotatable bonds is 0. The van der Waals surface area contributed by atoms with E-state index in [-0.39, 0.29) is 5.41 Å². The molecule has 0 aliphatic heterocycles. The predicted octanol–water partition coefficient (Wildman–Crippen LogP) is 4.97. The zero-order chi connectivity index (χ0) is 11.4. The molecule has 0 atom stereocenters. The highest BCUT2D eigenvalue weighted by molar-refractivity contribution is 6.31. The van der Waals surface area contributed by atoms with Crippen molar-refractivity contribution in [2.45, 2.75) is 47.0 Å².